The number of amides is 1. The van der Waals surface area contributed by atoms with Crippen LogP contribution in [-0.4, -0.2) is 29.1 Å². The highest BCUT2D eigenvalue weighted by Crippen LogP contribution is 2.12. The van der Waals surface area contributed by atoms with Gasteiger partial charge in [-0.2, -0.15) is 0 Å². The zero-order chi connectivity index (χ0) is 15.4. The molecular formula is C15H18FN3O2. The molecule has 1 heterocycles. The Hall–Kier alpha value is -2.21. The summed E-state index contributed by atoms with van der Waals surface area (Å²) < 4.78 is 17.8. The molecule has 2 rings (SSSR count). The van der Waals surface area contributed by atoms with E-state index >= 15 is 0 Å². The first-order chi connectivity index (χ1) is 9.95. The average molecular weight is 291 g/mol. The fourth-order valence-electron chi connectivity index (χ4n) is 1.86. The van der Waals surface area contributed by atoms with Crippen molar-refractivity contribution in [2.24, 2.45) is 0 Å². The van der Waals surface area contributed by atoms with Gasteiger partial charge < -0.3 is 4.52 Å². The number of halogens is 1. The number of hydrogen-bond donors (Lipinski definition) is 1. The van der Waals surface area contributed by atoms with Crippen molar-refractivity contribution in [3.63, 3.8) is 0 Å². The molecule has 5 nitrogen and oxygen atoms in total. The number of carbonyl (C=O) groups excluding carboxylic acids is 1. The topological polar surface area (TPSA) is 58.4 Å². The highest BCUT2D eigenvalue weighted by atomic mass is 19.1. The van der Waals surface area contributed by atoms with Crippen LogP contribution in [0.25, 0.3) is 0 Å². The molecule has 1 aromatic carbocycles. The number of nitrogens with one attached hydrogen (secondary N) is 1. The highest BCUT2D eigenvalue weighted by molar-refractivity contribution is 5.93. The number of likely N-dealkylation sites (N-methyl/N-ethyl adjacent to an activating group) is 1. The van der Waals surface area contributed by atoms with Gasteiger partial charge in [0.25, 0.3) is 0 Å². The van der Waals surface area contributed by atoms with Gasteiger partial charge in [-0.1, -0.05) is 17.3 Å². The summed E-state index contributed by atoms with van der Waals surface area (Å²) in [5.74, 6) is -0.122. The maximum atomic E-state index is 12.9. The van der Waals surface area contributed by atoms with Crippen molar-refractivity contribution in [3.8, 4) is 0 Å². The summed E-state index contributed by atoms with van der Waals surface area (Å²) in [6.07, 6.45) is 0. The van der Waals surface area contributed by atoms with Gasteiger partial charge in [0.1, 0.15) is 5.82 Å². The van der Waals surface area contributed by atoms with Crippen molar-refractivity contribution in [1.82, 2.24) is 10.1 Å². The first kappa shape index (κ1) is 15.2. The van der Waals surface area contributed by atoms with E-state index in [1.807, 2.05) is 11.9 Å². The summed E-state index contributed by atoms with van der Waals surface area (Å²) >= 11 is 0. The van der Waals surface area contributed by atoms with E-state index in [0.29, 0.717) is 18.1 Å². The van der Waals surface area contributed by atoms with E-state index in [0.717, 1.165) is 5.56 Å². The van der Waals surface area contributed by atoms with E-state index in [-0.39, 0.29) is 17.8 Å². The van der Waals surface area contributed by atoms with Crippen molar-refractivity contribution in [2.45, 2.75) is 26.4 Å². The van der Waals surface area contributed by atoms with Crippen molar-refractivity contribution in [2.75, 3.05) is 12.4 Å². The van der Waals surface area contributed by atoms with E-state index in [2.05, 4.69) is 10.5 Å². The van der Waals surface area contributed by atoms with Crippen molar-refractivity contribution < 1.29 is 13.7 Å². The third-order valence-electron chi connectivity index (χ3n) is 3.26. The third kappa shape index (κ3) is 4.13. The van der Waals surface area contributed by atoms with Crippen molar-refractivity contribution in [3.05, 3.63) is 47.4 Å². The van der Waals surface area contributed by atoms with Gasteiger partial charge in [0.05, 0.1) is 11.7 Å². The van der Waals surface area contributed by atoms with Crippen LogP contribution in [0.3, 0.4) is 0 Å². The summed E-state index contributed by atoms with van der Waals surface area (Å²) in [4.78, 5) is 14.0. The van der Waals surface area contributed by atoms with Gasteiger partial charge in [-0.15, -0.1) is 0 Å². The zero-order valence-corrected chi connectivity index (χ0v) is 12.3. The fraction of sp³-hybridized carbons (Fsp3) is 0.333. The summed E-state index contributed by atoms with van der Waals surface area (Å²) in [6.45, 7) is 4.12. The number of carbonyl (C=O) groups is 1. The molecule has 0 radical (unpaired) electrons. The average Bonchev–Trinajstić information content (AvgIpc) is 2.85. The number of hydrogen-bond acceptors (Lipinski definition) is 4. The molecule has 0 aliphatic rings. The molecule has 0 saturated heterocycles. The minimum atomic E-state index is -0.361. The van der Waals surface area contributed by atoms with Gasteiger partial charge in [0.2, 0.25) is 11.8 Å². The molecular weight excluding hydrogens is 273 g/mol. The van der Waals surface area contributed by atoms with Crippen LogP contribution in [0, 0.1) is 12.7 Å². The molecule has 1 N–H and O–H groups in total. The molecule has 1 amide bonds. The van der Waals surface area contributed by atoms with Crippen LogP contribution in [0.5, 0.6) is 0 Å². The maximum Gasteiger partial charge on any atom is 0.243 e. The predicted molar refractivity (Wildman–Crippen MR) is 77.2 cm³/mol. The fourth-order valence-corrected chi connectivity index (χ4v) is 1.86. The summed E-state index contributed by atoms with van der Waals surface area (Å²) in [7, 11) is 1.83. The molecule has 0 aliphatic heterocycles. The summed E-state index contributed by atoms with van der Waals surface area (Å²) in [5.41, 5.74) is 1.65. The molecule has 6 heteroatoms. The zero-order valence-electron chi connectivity index (χ0n) is 12.3. The van der Waals surface area contributed by atoms with Crippen molar-refractivity contribution in [1.29, 1.82) is 0 Å². The summed E-state index contributed by atoms with van der Waals surface area (Å²) in [6, 6.07) is 7.52. The smallest absolute Gasteiger partial charge is 0.243 e. The standard InChI is InChI=1S/C15H18FN3O2/c1-10-8-14(21-18-10)17-15(20)11(2)19(3)9-12-4-6-13(16)7-5-12/h4-8,11H,9H2,1-3H3,(H,17,20). The molecule has 21 heavy (non-hydrogen) atoms. The van der Waals surface area contributed by atoms with Gasteiger partial charge in [-0.05, 0) is 38.6 Å². The Bertz CT molecular complexity index is 610. The SMILES string of the molecule is Cc1cc(NC(=O)C(C)N(C)Cc2ccc(F)cc2)on1. The lowest BCUT2D eigenvalue weighted by molar-refractivity contribution is -0.120. The normalized spacial score (nSPS) is 12.4. The molecule has 0 fully saturated rings. The van der Waals surface area contributed by atoms with Crippen LogP contribution < -0.4 is 5.32 Å². The maximum absolute atomic E-state index is 12.9. The molecule has 112 valence electrons. The quantitative estimate of drug-likeness (QED) is 0.920. The van der Waals surface area contributed by atoms with E-state index < -0.39 is 0 Å². The first-order valence-corrected chi connectivity index (χ1v) is 6.64. The van der Waals surface area contributed by atoms with Crippen LogP contribution in [-0.2, 0) is 11.3 Å². The predicted octanol–water partition coefficient (Wildman–Crippen LogP) is 2.58. The molecule has 0 aliphatic carbocycles. The first-order valence-electron chi connectivity index (χ1n) is 6.64. The Morgan fingerprint density at radius 3 is 2.67 bits per heavy atom. The van der Waals surface area contributed by atoms with E-state index in [9.17, 15) is 9.18 Å². The lowest BCUT2D eigenvalue weighted by Gasteiger charge is -2.23. The Morgan fingerprint density at radius 1 is 1.43 bits per heavy atom. The molecule has 0 bridgehead atoms. The van der Waals surface area contributed by atoms with Crippen LogP contribution in [0.4, 0.5) is 10.3 Å². The largest absolute Gasteiger partial charge is 0.338 e. The Kier molecular flexibility index (Phi) is 4.70. The van der Waals surface area contributed by atoms with Gasteiger partial charge >= 0.3 is 0 Å². The summed E-state index contributed by atoms with van der Waals surface area (Å²) in [5, 5.41) is 6.38. The van der Waals surface area contributed by atoms with E-state index in [1.54, 1.807) is 32.0 Å². The van der Waals surface area contributed by atoms with Crippen LogP contribution in [0.15, 0.2) is 34.9 Å². The third-order valence-corrected chi connectivity index (χ3v) is 3.26. The van der Waals surface area contributed by atoms with Gasteiger partial charge in [-0.3, -0.25) is 15.0 Å². The lowest BCUT2D eigenvalue weighted by Crippen LogP contribution is -2.39. The molecule has 1 atom stereocenters. The Labute approximate surface area is 122 Å². The Morgan fingerprint density at radius 2 is 2.10 bits per heavy atom. The second kappa shape index (κ2) is 6.49. The monoisotopic (exact) mass is 291 g/mol. The second-order valence-corrected chi connectivity index (χ2v) is 5.04. The van der Waals surface area contributed by atoms with Crippen molar-refractivity contribution >= 4 is 11.8 Å². The number of nitrogens with zero attached hydrogens (tertiary/aromatic N) is 2. The van der Waals surface area contributed by atoms with Crippen LogP contribution >= 0.6 is 0 Å². The van der Waals surface area contributed by atoms with Crippen LogP contribution in [0.1, 0.15) is 18.2 Å². The molecule has 1 aromatic heterocycles. The Balaban J connectivity index is 1.93. The molecule has 0 saturated carbocycles. The minimum absolute atomic E-state index is 0.184. The number of anilines is 1. The molecule has 1 unspecified atom stereocenters. The number of benzene rings is 1. The van der Waals surface area contributed by atoms with E-state index in [1.165, 1.54) is 12.1 Å². The van der Waals surface area contributed by atoms with Gasteiger partial charge in [0.15, 0.2) is 0 Å². The van der Waals surface area contributed by atoms with Gasteiger partial charge in [-0.25, -0.2) is 4.39 Å². The number of rotatable bonds is 5. The van der Waals surface area contributed by atoms with E-state index in [4.69, 9.17) is 4.52 Å². The van der Waals surface area contributed by atoms with Gasteiger partial charge in [0, 0.05) is 12.6 Å². The second-order valence-electron chi connectivity index (χ2n) is 5.04. The number of aromatic nitrogens is 1. The number of aryl methyl sites for hydroxylation is 1. The molecule has 2 aromatic rings. The van der Waals surface area contributed by atoms with Crippen LogP contribution in [0.2, 0.25) is 0 Å². The minimum Gasteiger partial charge on any atom is -0.338 e. The lowest BCUT2D eigenvalue weighted by atomic mass is 10.2. The molecule has 0 spiro atoms. The highest BCUT2D eigenvalue weighted by Gasteiger charge is 2.19.